The van der Waals surface area contributed by atoms with Crippen LogP contribution in [0.2, 0.25) is 0 Å². The molecule has 4 rings (SSSR count). The minimum absolute atomic E-state index is 0.129. The smallest absolute Gasteiger partial charge is 0.244 e. The lowest BCUT2D eigenvalue weighted by molar-refractivity contribution is -0.118. The van der Waals surface area contributed by atoms with E-state index in [4.69, 9.17) is 0 Å². The van der Waals surface area contributed by atoms with Crippen LogP contribution in [0.25, 0.3) is 17.0 Å². The molecular formula is C28H33FN4O. The van der Waals surface area contributed by atoms with Crippen LogP contribution in [0.4, 0.5) is 4.39 Å². The molecule has 178 valence electrons. The number of amides is 1. The second-order valence-corrected chi connectivity index (χ2v) is 9.16. The first-order valence-electron chi connectivity index (χ1n) is 11.8. The van der Waals surface area contributed by atoms with Gasteiger partial charge in [-0.25, -0.2) is 4.39 Å². The Bertz CT molecular complexity index is 1220. The summed E-state index contributed by atoms with van der Waals surface area (Å²) in [5, 5.41) is 10.9. The molecule has 1 aliphatic heterocycles. The molecule has 1 aromatic heterocycles. The maximum atomic E-state index is 13.7. The highest BCUT2D eigenvalue weighted by Gasteiger charge is 2.36. The lowest BCUT2D eigenvalue weighted by atomic mass is 9.85. The first kappa shape index (κ1) is 23.8. The van der Waals surface area contributed by atoms with Crippen LogP contribution in [0, 0.1) is 19.7 Å². The number of H-pyrrole nitrogens is 1. The second-order valence-electron chi connectivity index (χ2n) is 9.16. The van der Waals surface area contributed by atoms with Crippen molar-refractivity contribution in [2.24, 2.45) is 0 Å². The van der Waals surface area contributed by atoms with Crippen LogP contribution in [0.1, 0.15) is 35.1 Å². The molecule has 0 unspecified atom stereocenters. The van der Waals surface area contributed by atoms with Crippen molar-refractivity contribution in [3.05, 3.63) is 89.0 Å². The highest BCUT2D eigenvalue weighted by molar-refractivity contribution is 5.92. The summed E-state index contributed by atoms with van der Waals surface area (Å²) in [4.78, 5) is 16.1. The topological polar surface area (TPSA) is 69.0 Å². The number of aromatic amines is 1. The average molecular weight is 461 g/mol. The number of aromatic nitrogens is 1. The third-order valence-electron chi connectivity index (χ3n) is 6.82. The van der Waals surface area contributed by atoms with E-state index in [2.05, 4.69) is 53.5 Å². The van der Waals surface area contributed by atoms with Gasteiger partial charge < -0.3 is 20.9 Å². The van der Waals surface area contributed by atoms with Gasteiger partial charge in [-0.1, -0.05) is 24.8 Å². The summed E-state index contributed by atoms with van der Waals surface area (Å²) in [7, 11) is 0. The molecule has 4 N–H and O–H groups in total. The number of benzene rings is 2. The molecule has 1 amide bonds. The van der Waals surface area contributed by atoms with Crippen molar-refractivity contribution >= 4 is 22.9 Å². The van der Waals surface area contributed by atoms with E-state index in [0.29, 0.717) is 6.54 Å². The van der Waals surface area contributed by atoms with Gasteiger partial charge in [0.1, 0.15) is 5.82 Å². The molecule has 1 saturated heterocycles. The summed E-state index contributed by atoms with van der Waals surface area (Å²) >= 11 is 0. The number of hydrogen-bond acceptors (Lipinski definition) is 3. The fraction of sp³-hybridized carbons (Fsp3) is 0.321. The Morgan fingerprint density at radius 2 is 1.94 bits per heavy atom. The number of halogens is 1. The summed E-state index contributed by atoms with van der Waals surface area (Å²) in [6.07, 6.45) is 7.62. The number of hydrogen-bond donors (Lipinski definition) is 4. The Kier molecular flexibility index (Phi) is 7.17. The average Bonchev–Trinajstić information content (AvgIpc) is 3.22. The highest BCUT2D eigenvalue weighted by atomic mass is 19.1. The van der Waals surface area contributed by atoms with Crippen molar-refractivity contribution in [1.82, 2.24) is 20.9 Å². The molecule has 2 aromatic carbocycles. The number of aryl methyl sites for hydroxylation is 2. The molecule has 5 nitrogen and oxygen atoms in total. The summed E-state index contributed by atoms with van der Waals surface area (Å²) < 4.78 is 13.7. The van der Waals surface area contributed by atoms with Crippen LogP contribution in [-0.4, -0.2) is 36.1 Å². The van der Waals surface area contributed by atoms with E-state index in [1.807, 2.05) is 18.3 Å². The maximum Gasteiger partial charge on any atom is 0.244 e. The molecule has 1 fully saturated rings. The Morgan fingerprint density at radius 3 is 2.71 bits per heavy atom. The third kappa shape index (κ3) is 5.39. The second kappa shape index (κ2) is 10.3. The molecule has 0 spiro atoms. The van der Waals surface area contributed by atoms with Gasteiger partial charge >= 0.3 is 0 Å². The third-order valence-corrected chi connectivity index (χ3v) is 6.82. The monoisotopic (exact) mass is 460 g/mol. The predicted octanol–water partition coefficient (Wildman–Crippen LogP) is 4.52. The molecule has 3 aromatic rings. The first-order valence-corrected chi connectivity index (χ1v) is 11.8. The van der Waals surface area contributed by atoms with Crippen molar-refractivity contribution in [3.8, 4) is 0 Å². The number of piperidine rings is 1. The van der Waals surface area contributed by atoms with Crippen molar-refractivity contribution in [1.29, 1.82) is 0 Å². The summed E-state index contributed by atoms with van der Waals surface area (Å²) in [5.41, 5.74) is 5.71. The van der Waals surface area contributed by atoms with Gasteiger partial charge in [-0.15, -0.1) is 0 Å². The van der Waals surface area contributed by atoms with Gasteiger partial charge in [-0.2, -0.15) is 0 Å². The standard InChI is InChI=1S/C28H33FN4O/c1-19-4-5-22(16-20(19)2)6-9-27(34)33-28(11-14-30-15-12-28)21(3)31-13-10-23-18-32-26-8-7-24(29)17-25(23)26/h4-9,16-18,30-32H,3,10-15H2,1-2H3,(H,33,34)/b9-6+. The van der Waals surface area contributed by atoms with Crippen molar-refractivity contribution in [2.75, 3.05) is 19.6 Å². The fourth-order valence-electron chi connectivity index (χ4n) is 4.55. The van der Waals surface area contributed by atoms with Gasteiger partial charge in [0, 0.05) is 35.4 Å². The molecule has 0 radical (unpaired) electrons. The van der Waals surface area contributed by atoms with Crippen LogP contribution >= 0.6 is 0 Å². The normalized spacial score (nSPS) is 15.5. The lowest BCUT2D eigenvalue weighted by Gasteiger charge is -2.40. The molecule has 2 heterocycles. The zero-order valence-corrected chi connectivity index (χ0v) is 19.9. The highest BCUT2D eigenvalue weighted by Crippen LogP contribution is 2.25. The molecule has 0 saturated carbocycles. The van der Waals surface area contributed by atoms with Gasteiger partial charge in [0.15, 0.2) is 0 Å². The van der Waals surface area contributed by atoms with E-state index in [-0.39, 0.29) is 11.7 Å². The zero-order chi connectivity index (χ0) is 24.1. The Morgan fingerprint density at radius 1 is 1.15 bits per heavy atom. The van der Waals surface area contributed by atoms with Crippen LogP contribution in [0.3, 0.4) is 0 Å². The molecule has 34 heavy (non-hydrogen) atoms. The van der Waals surface area contributed by atoms with E-state index < -0.39 is 5.54 Å². The summed E-state index contributed by atoms with van der Waals surface area (Å²) in [6.45, 7) is 10.7. The van der Waals surface area contributed by atoms with Crippen LogP contribution in [-0.2, 0) is 11.2 Å². The van der Waals surface area contributed by atoms with Crippen molar-refractivity contribution in [3.63, 3.8) is 0 Å². The number of nitrogens with one attached hydrogen (secondary N) is 4. The minimum Gasteiger partial charge on any atom is -0.387 e. The fourth-order valence-corrected chi connectivity index (χ4v) is 4.55. The Hall–Kier alpha value is -3.38. The van der Waals surface area contributed by atoms with Crippen LogP contribution in [0.15, 0.2) is 60.9 Å². The van der Waals surface area contributed by atoms with E-state index in [9.17, 15) is 9.18 Å². The quantitative estimate of drug-likeness (QED) is 0.374. The molecular weight excluding hydrogens is 427 g/mol. The number of rotatable bonds is 8. The van der Waals surface area contributed by atoms with Gasteiger partial charge in [-0.05, 0) is 92.7 Å². The van der Waals surface area contributed by atoms with Gasteiger partial charge in [0.05, 0.1) is 5.54 Å². The van der Waals surface area contributed by atoms with Crippen LogP contribution < -0.4 is 16.0 Å². The first-order chi connectivity index (χ1) is 16.4. The Labute approximate surface area is 200 Å². The number of carbonyl (C=O) groups is 1. The van der Waals surface area contributed by atoms with Gasteiger partial charge in [-0.3, -0.25) is 4.79 Å². The van der Waals surface area contributed by atoms with E-state index in [0.717, 1.165) is 60.1 Å². The molecule has 0 aliphatic carbocycles. The van der Waals surface area contributed by atoms with Crippen molar-refractivity contribution in [2.45, 2.75) is 38.6 Å². The minimum atomic E-state index is -0.512. The zero-order valence-electron chi connectivity index (χ0n) is 19.9. The Balaban J connectivity index is 1.40. The molecule has 6 heteroatoms. The van der Waals surface area contributed by atoms with E-state index in [1.165, 1.54) is 17.2 Å². The summed E-state index contributed by atoms with van der Waals surface area (Å²) in [6, 6.07) is 10.9. The molecule has 0 atom stereocenters. The van der Waals surface area contributed by atoms with Gasteiger partial charge in [0.25, 0.3) is 0 Å². The lowest BCUT2D eigenvalue weighted by Crippen LogP contribution is -2.57. The van der Waals surface area contributed by atoms with Crippen molar-refractivity contribution < 1.29 is 9.18 Å². The SMILES string of the molecule is C=C(NCCc1c[nH]c2ccc(F)cc12)C1(NC(=O)/C=C/c2ccc(C)c(C)c2)CCNCC1. The number of fused-ring (bicyclic) bond motifs is 1. The molecule has 1 aliphatic rings. The van der Waals surface area contributed by atoms with E-state index >= 15 is 0 Å². The van der Waals surface area contributed by atoms with Crippen LogP contribution in [0.5, 0.6) is 0 Å². The van der Waals surface area contributed by atoms with Gasteiger partial charge in [0.2, 0.25) is 5.91 Å². The van der Waals surface area contributed by atoms with E-state index in [1.54, 1.807) is 18.2 Å². The predicted molar refractivity (Wildman–Crippen MR) is 137 cm³/mol. The number of carbonyl (C=O) groups excluding carboxylic acids is 1. The maximum absolute atomic E-state index is 13.7. The molecule has 0 bridgehead atoms. The summed E-state index contributed by atoms with van der Waals surface area (Å²) in [5.74, 6) is -0.369. The largest absolute Gasteiger partial charge is 0.387 e.